The molecule has 0 amide bonds. The first-order chi connectivity index (χ1) is 11.5. The minimum Gasteiger partial charge on any atom is -0.462 e. The van der Waals surface area contributed by atoms with E-state index in [-0.39, 0.29) is 11.5 Å². The van der Waals surface area contributed by atoms with Crippen LogP contribution in [-0.4, -0.2) is 46.7 Å². The van der Waals surface area contributed by atoms with Gasteiger partial charge >= 0.3 is 5.97 Å². The molecule has 0 radical (unpaired) electrons. The molecule has 0 spiro atoms. The number of aryl methyl sites for hydroxylation is 2. The lowest BCUT2D eigenvalue weighted by molar-refractivity contribution is 0.0531. The molecule has 0 aliphatic rings. The lowest BCUT2D eigenvalue weighted by atomic mass is 10.2. The number of carbonyl (C=O) groups excluding carboxylic acids is 1. The van der Waals surface area contributed by atoms with Crippen molar-refractivity contribution in [2.24, 2.45) is 0 Å². The molecule has 0 saturated carbocycles. The topological polar surface area (TPSA) is 64.4 Å². The van der Waals surface area contributed by atoms with Gasteiger partial charge < -0.3 is 9.64 Å². The third-order valence-electron chi connectivity index (χ3n) is 4.15. The molecule has 0 aliphatic carbocycles. The second-order valence-electron chi connectivity index (χ2n) is 5.58. The maximum atomic E-state index is 12.7. The Hall–Kier alpha value is -1.73. The highest BCUT2D eigenvalue weighted by atomic mass is 32.1. The zero-order chi connectivity index (χ0) is 17.7. The maximum absolute atomic E-state index is 12.7. The summed E-state index contributed by atoms with van der Waals surface area (Å²) in [6.07, 6.45) is 2.47. The monoisotopic (exact) mass is 351 g/mol. The Balaban J connectivity index is 2.25. The summed E-state index contributed by atoms with van der Waals surface area (Å²) in [5.74, 6) is -0.384. The second-order valence-corrected chi connectivity index (χ2v) is 6.58. The Bertz CT molecular complexity index is 762. The van der Waals surface area contributed by atoms with E-state index in [0.717, 1.165) is 26.1 Å². The van der Waals surface area contributed by atoms with Crippen molar-refractivity contribution in [3.05, 3.63) is 27.1 Å². The Morgan fingerprint density at radius 3 is 2.67 bits per heavy atom. The summed E-state index contributed by atoms with van der Waals surface area (Å²) in [6, 6.07) is 0. The van der Waals surface area contributed by atoms with Crippen molar-refractivity contribution in [2.45, 2.75) is 40.7 Å². The van der Waals surface area contributed by atoms with Gasteiger partial charge in [0.25, 0.3) is 5.56 Å². The minimum atomic E-state index is -0.384. The molecule has 0 atom stereocenters. The predicted octanol–water partition coefficient (Wildman–Crippen LogP) is 2.68. The Morgan fingerprint density at radius 1 is 1.33 bits per heavy atom. The third kappa shape index (κ3) is 3.84. The number of hydrogen-bond acceptors (Lipinski definition) is 6. The van der Waals surface area contributed by atoms with Crippen LogP contribution in [0.25, 0.3) is 10.2 Å². The SMILES string of the molecule is CCOC(=O)c1sc2ncn(CCCN(CC)CC)c(=O)c2c1C. The smallest absolute Gasteiger partial charge is 0.348 e. The molecule has 0 aromatic carbocycles. The molecule has 7 heteroatoms. The Kier molecular flexibility index (Phi) is 6.51. The molecule has 2 aromatic heterocycles. The van der Waals surface area contributed by atoms with Crippen LogP contribution in [0.1, 0.15) is 42.4 Å². The molecule has 0 bridgehead atoms. The molecule has 0 N–H and O–H groups in total. The van der Waals surface area contributed by atoms with E-state index in [1.54, 1.807) is 24.7 Å². The summed E-state index contributed by atoms with van der Waals surface area (Å²) >= 11 is 1.22. The van der Waals surface area contributed by atoms with Crippen LogP contribution in [0.15, 0.2) is 11.1 Å². The molecule has 132 valence electrons. The summed E-state index contributed by atoms with van der Waals surface area (Å²) in [4.78, 5) is 32.5. The van der Waals surface area contributed by atoms with Crippen LogP contribution in [0, 0.1) is 6.92 Å². The fraction of sp³-hybridized carbons (Fsp3) is 0.588. The number of aromatic nitrogens is 2. The van der Waals surface area contributed by atoms with Crippen molar-refractivity contribution in [3.63, 3.8) is 0 Å². The van der Waals surface area contributed by atoms with E-state index < -0.39 is 0 Å². The molecule has 2 heterocycles. The van der Waals surface area contributed by atoms with Crippen LogP contribution in [0.2, 0.25) is 0 Å². The first-order valence-corrected chi connectivity index (χ1v) is 9.23. The molecule has 0 saturated heterocycles. The second kappa shape index (κ2) is 8.39. The molecule has 0 unspecified atom stereocenters. The van der Waals surface area contributed by atoms with Gasteiger partial charge in [-0.3, -0.25) is 9.36 Å². The van der Waals surface area contributed by atoms with E-state index >= 15 is 0 Å². The van der Waals surface area contributed by atoms with E-state index in [0.29, 0.717) is 33.8 Å². The van der Waals surface area contributed by atoms with E-state index in [1.807, 2.05) is 0 Å². The molecule has 0 fully saturated rings. The highest BCUT2D eigenvalue weighted by molar-refractivity contribution is 7.20. The van der Waals surface area contributed by atoms with Crippen molar-refractivity contribution >= 4 is 27.5 Å². The van der Waals surface area contributed by atoms with Crippen molar-refractivity contribution < 1.29 is 9.53 Å². The number of nitrogens with zero attached hydrogens (tertiary/aromatic N) is 3. The molecule has 2 aromatic rings. The van der Waals surface area contributed by atoms with Crippen LogP contribution < -0.4 is 5.56 Å². The van der Waals surface area contributed by atoms with Crippen LogP contribution in [0.5, 0.6) is 0 Å². The van der Waals surface area contributed by atoms with Gasteiger partial charge in [0.1, 0.15) is 9.71 Å². The number of carbonyl (C=O) groups is 1. The molecule has 6 nitrogen and oxygen atoms in total. The van der Waals surface area contributed by atoms with Crippen LogP contribution >= 0.6 is 11.3 Å². The molecular weight excluding hydrogens is 326 g/mol. The normalized spacial score (nSPS) is 11.4. The molecule has 2 rings (SSSR count). The Labute approximate surface area is 146 Å². The van der Waals surface area contributed by atoms with Gasteiger partial charge in [0.2, 0.25) is 0 Å². The third-order valence-corrected chi connectivity index (χ3v) is 5.33. The van der Waals surface area contributed by atoms with Crippen molar-refractivity contribution in [1.82, 2.24) is 14.5 Å². The Morgan fingerprint density at radius 2 is 2.04 bits per heavy atom. The largest absolute Gasteiger partial charge is 0.462 e. The average Bonchev–Trinajstić information content (AvgIpc) is 2.91. The molecule has 24 heavy (non-hydrogen) atoms. The van der Waals surface area contributed by atoms with Crippen LogP contribution in [0.4, 0.5) is 0 Å². The van der Waals surface area contributed by atoms with Gasteiger partial charge in [-0.2, -0.15) is 0 Å². The fourth-order valence-electron chi connectivity index (χ4n) is 2.71. The van der Waals surface area contributed by atoms with Gasteiger partial charge in [0, 0.05) is 6.54 Å². The fourth-order valence-corrected chi connectivity index (χ4v) is 3.75. The number of ether oxygens (including phenoxy) is 1. The van der Waals surface area contributed by atoms with Gasteiger partial charge in [-0.1, -0.05) is 13.8 Å². The lowest BCUT2D eigenvalue weighted by Gasteiger charge is -2.17. The van der Waals surface area contributed by atoms with E-state index in [9.17, 15) is 9.59 Å². The van der Waals surface area contributed by atoms with E-state index in [1.165, 1.54) is 11.3 Å². The van der Waals surface area contributed by atoms with Crippen molar-refractivity contribution in [3.8, 4) is 0 Å². The van der Waals surface area contributed by atoms with Gasteiger partial charge in [0.05, 0.1) is 18.3 Å². The minimum absolute atomic E-state index is 0.0798. The van der Waals surface area contributed by atoms with Crippen LogP contribution in [0.3, 0.4) is 0 Å². The first kappa shape index (κ1) is 18.6. The quantitative estimate of drug-likeness (QED) is 0.684. The molecular formula is C17H25N3O3S. The highest BCUT2D eigenvalue weighted by Gasteiger charge is 2.20. The zero-order valence-electron chi connectivity index (χ0n) is 14.8. The lowest BCUT2D eigenvalue weighted by Crippen LogP contribution is -2.27. The van der Waals surface area contributed by atoms with E-state index in [4.69, 9.17) is 4.74 Å². The summed E-state index contributed by atoms with van der Waals surface area (Å²) in [6.45, 7) is 11.7. The van der Waals surface area contributed by atoms with Crippen molar-refractivity contribution in [2.75, 3.05) is 26.2 Å². The van der Waals surface area contributed by atoms with Gasteiger partial charge in [0.15, 0.2) is 0 Å². The number of thiophene rings is 1. The summed E-state index contributed by atoms with van der Waals surface area (Å²) < 4.78 is 6.69. The summed E-state index contributed by atoms with van der Waals surface area (Å²) in [5, 5.41) is 0.536. The van der Waals surface area contributed by atoms with E-state index in [2.05, 4.69) is 23.7 Å². The van der Waals surface area contributed by atoms with Gasteiger partial charge in [-0.15, -0.1) is 11.3 Å². The number of rotatable bonds is 8. The van der Waals surface area contributed by atoms with Crippen LogP contribution in [-0.2, 0) is 11.3 Å². The highest BCUT2D eigenvalue weighted by Crippen LogP contribution is 2.27. The number of esters is 1. The molecule has 0 aliphatic heterocycles. The number of fused-ring (bicyclic) bond motifs is 1. The first-order valence-electron chi connectivity index (χ1n) is 8.41. The summed E-state index contributed by atoms with van der Waals surface area (Å²) in [5.41, 5.74) is 0.591. The zero-order valence-corrected chi connectivity index (χ0v) is 15.6. The predicted molar refractivity (Wildman–Crippen MR) is 97.0 cm³/mol. The maximum Gasteiger partial charge on any atom is 0.348 e. The summed E-state index contributed by atoms with van der Waals surface area (Å²) in [7, 11) is 0. The van der Waals surface area contributed by atoms with Gasteiger partial charge in [-0.05, 0) is 45.5 Å². The number of hydrogen-bond donors (Lipinski definition) is 0. The van der Waals surface area contributed by atoms with Crippen molar-refractivity contribution in [1.29, 1.82) is 0 Å². The average molecular weight is 351 g/mol. The standard InChI is InChI=1S/C17H25N3O3S/c1-5-19(6-2)9-8-10-20-11-18-15-13(16(20)21)12(4)14(24-15)17(22)23-7-3/h11H,5-10H2,1-4H3. The van der Waals surface area contributed by atoms with Gasteiger partial charge in [-0.25, -0.2) is 9.78 Å².